The Morgan fingerprint density at radius 2 is 2.19 bits per heavy atom. The summed E-state index contributed by atoms with van der Waals surface area (Å²) in [7, 11) is 0. The Morgan fingerprint density at radius 3 is 3.14 bits per heavy atom. The second kappa shape index (κ2) is 4.93. The van der Waals surface area contributed by atoms with E-state index in [-0.39, 0.29) is 0 Å². The van der Waals surface area contributed by atoms with Crippen molar-refractivity contribution in [2.75, 3.05) is 5.73 Å². The van der Waals surface area contributed by atoms with Crippen LogP contribution in [0.25, 0.3) is 21.4 Å². The zero-order chi connectivity index (χ0) is 14.2. The summed E-state index contributed by atoms with van der Waals surface area (Å²) < 4.78 is 0. The molecule has 0 fully saturated rings. The van der Waals surface area contributed by atoms with Crippen LogP contribution in [0.2, 0.25) is 0 Å². The average Bonchev–Trinajstić information content (AvgIpc) is 3.13. The van der Waals surface area contributed by atoms with Gasteiger partial charge in [-0.1, -0.05) is 11.8 Å². The molecule has 4 aromatic rings. The van der Waals surface area contributed by atoms with Crippen LogP contribution in [0, 0.1) is 0 Å². The van der Waals surface area contributed by atoms with E-state index in [9.17, 15) is 0 Å². The van der Waals surface area contributed by atoms with Crippen molar-refractivity contribution < 1.29 is 0 Å². The lowest BCUT2D eigenvalue weighted by molar-refractivity contribution is 1.06. The maximum absolute atomic E-state index is 5.95. The van der Waals surface area contributed by atoms with Crippen molar-refractivity contribution in [1.29, 1.82) is 0 Å². The second-order valence-electron chi connectivity index (χ2n) is 4.23. The summed E-state index contributed by atoms with van der Waals surface area (Å²) in [5.74, 6) is 1.80. The molecule has 3 N–H and O–H groups in total. The van der Waals surface area contributed by atoms with Gasteiger partial charge in [0, 0.05) is 0 Å². The van der Waals surface area contributed by atoms with Gasteiger partial charge in [-0.3, -0.25) is 0 Å². The van der Waals surface area contributed by atoms with Crippen molar-refractivity contribution in [3.8, 4) is 0 Å². The van der Waals surface area contributed by atoms with Crippen molar-refractivity contribution in [3.05, 3.63) is 29.9 Å². The number of aromatic nitrogens is 6. The Labute approximate surface area is 127 Å². The van der Waals surface area contributed by atoms with Crippen molar-refractivity contribution in [2.45, 2.75) is 10.8 Å². The van der Waals surface area contributed by atoms with Crippen molar-refractivity contribution >= 4 is 50.3 Å². The largest absolute Gasteiger partial charge is 0.383 e. The van der Waals surface area contributed by atoms with Crippen LogP contribution in [0.1, 0.15) is 5.82 Å². The molecule has 21 heavy (non-hydrogen) atoms. The number of thioether (sulfide) groups is 1. The molecule has 0 bridgehead atoms. The topological polar surface area (TPSA) is 106 Å². The number of thiophene rings is 1. The molecule has 0 amide bonds. The molecule has 0 aliphatic heterocycles. The number of hydrogen-bond acceptors (Lipinski definition) is 8. The molecule has 0 spiro atoms. The summed E-state index contributed by atoms with van der Waals surface area (Å²) in [5.41, 5.74) is 7.43. The van der Waals surface area contributed by atoms with E-state index in [0.717, 1.165) is 20.8 Å². The molecule has 4 heterocycles. The van der Waals surface area contributed by atoms with Gasteiger partial charge in [0.05, 0.1) is 17.5 Å². The molecule has 0 aromatic carbocycles. The molecule has 0 saturated heterocycles. The van der Waals surface area contributed by atoms with Gasteiger partial charge in [-0.25, -0.2) is 24.9 Å². The molecule has 0 radical (unpaired) electrons. The number of nitrogens with one attached hydrogen (secondary N) is 1. The smallest absolute Gasteiger partial charge is 0.181 e. The quantitative estimate of drug-likeness (QED) is 0.441. The highest BCUT2D eigenvalue weighted by Gasteiger charge is 2.10. The first-order valence-electron chi connectivity index (χ1n) is 6.08. The number of rotatable bonds is 3. The number of nitrogens with two attached hydrogens (primary N) is 1. The summed E-state index contributed by atoms with van der Waals surface area (Å²) in [6, 6.07) is 1.94. The number of hydrogen-bond donors (Lipinski definition) is 2. The van der Waals surface area contributed by atoms with Crippen molar-refractivity contribution in [2.24, 2.45) is 0 Å². The fourth-order valence-corrected chi connectivity index (χ4v) is 3.58. The van der Waals surface area contributed by atoms with E-state index >= 15 is 0 Å². The lowest BCUT2D eigenvalue weighted by atomic mass is 10.4. The van der Waals surface area contributed by atoms with Gasteiger partial charge in [-0.05, 0) is 11.4 Å². The summed E-state index contributed by atoms with van der Waals surface area (Å²) in [6.07, 6.45) is 3.11. The molecule has 104 valence electrons. The molecule has 0 aliphatic carbocycles. The number of aromatic amines is 1. The fourth-order valence-electron chi connectivity index (χ4n) is 1.97. The van der Waals surface area contributed by atoms with E-state index in [2.05, 4.69) is 29.9 Å². The number of nitrogen functional groups attached to an aromatic ring is 1. The van der Waals surface area contributed by atoms with Crippen LogP contribution in [0.15, 0.2) is 29.1 Å². The first-order valence-corrected chi connectivity index (χ1v) is 7.94. The second-order valence-corrected chi connectivity index (χ2v) is 6.09. The predicted molar refractivity (Wildman–Crippen MR) is 83.1 cm³/mol. The lowest BCUT2D eigenvalue weighted by Crippen LogP contribution is -1.98. The van der Waals surface area contributed by atoms with Crippen LogP contribution in [0.4, 0.5) is 5.82 Å². The molecule has 7 nitrogen and oxygen atoms in total. The van der Waals surface area contributed by atoms with Crippen LogP contribution in [-0.4, -0.2) is 29.9 Å². The molecule has 4 aromatic heterocycles. The Morgan fingerprint density at radius 1 is 1.24 bits per heavy atom. The van der Waals surface area contributed by atoms with Crippen LogP contribution in [-0.2, 0) is 5.75 Å². The summed E-state index contributed by atoms with van der Waals surface area (Å²) in [6.45, 7) is 0. The van der Waals surface area contributed by atoms with E-state index in [1.165, 1.54) is 18.1 Å². The van der Waals surface area contributed by atoms with Gasteiger partial charge in [0.25, 0.3) is 0 Å². The van der Waals surface area contributed by atoms with Crippen molar-refractivity contribution in [1.82, 2.24) is 29.9 Å². The summed E-state index contributed by atoms with van der Waals surface area (Å²) >= 11 is 3.09. The normalized spacial score (nSPS) is 11.4. The molecular weight excluding hydrogens is 306 g/mol. The predicted octanol–water partition coefficient (Wildman–Crippen LogP) is 2.23. The van der Waals surface area contributed by atoms with Crippen molar-refractivity contribution in [3.63, 3.8) is 0 Å². The van der Waals surface area contributed by atoms with Gasteiger partial charge in [0.15, 0.2) is 5.65 Å². The fraction of sp³-hybridized carbons (Fsp3) is 0.0833. The number of fused-ring (bicyclic) bond motifs is 2. The molecule has 0 unspecified atom stereocenters. The van der Waals surface area contributed by atoms with E-state index < -0.39 is 0 Å². The molecule has 0 saturated carbocycles. The van der Waals surface area contributed by atoms with Crippen LogP contribution in [0.5, 0.6) is 0 Å². The van der Waals surface area contributed by atoms with Gasteiger partial charge in [-0.2, -0.15) is 0 Å². The zero-order valence-corrected chi connectivity index (χ0v) is 12.3. The van der Waals surface area contributed by atoms with E-state index in [1.807, 2.05) is 11.4 Å². The number of imidazole rings is 1. The highest BCUT2D eigenvalue weighted by atomic mass is 32.2. The molecule has 0 atom stereocenters. The SMILES string of the molecule is Nc1nc(CSc2ncnc3nc[nH]c23)nc2sccc12. The molecule has 9 heteroatoms. The number of H-pyrrole nitrogens is 1. The number of nitrogens with zero attached hydrogens (tertiary/aromatic N) is 5. The van der Waals surface area contributed by atoms with Gasteiger partial charge < -0.3 is 10.7 Å². The Kier molecular flexibility index (Phi) is 2.93. The zero-order valence-electron chi connectivity index (χ0n) is 10.6. The van der Waals surface area contributed by atoms with Gasteiger partial charge in [-0.15, -0.1) is 11.3 Å². The highest BCUT2D eigenvalue weighted by molar-refractivity contribution is 7.98. The maximum atomic E-state index is 5.95. The third-order valence-electron chi connectivity index (χ3n) is 2.93. The minimum atomic E-state index is 0.520. The Balaban J connectivity index is 1.64. The highest BCUT2D eigenvalue weighted by Crippen LogP contribution is 2.27. The van der Waals surface area contributed by atoms with E-state index in [4.69, 9.17) is 5.73 Å². The van der Waals surface area contributed by atoms with Gasteiger partial charge >= 0.3 is 0 Å². The molecule has 0 aliphatic rings. The Bertz CT molecular complexity index is 930. The number of anilines is 1. The standard InChI is InChI=1S/C12H9N7S2/c13-9-6-1-2-20-11(6)19-7(18-9)3-21-12-8-10(15-4-14-8)16-5-17-12/h1-2,4-5H,3H2,(H2,13,18,19)(H,14,15,16,17). The molecular formula is C12H9N7S2. The monoisotopic (exact) mass is 315 g/mol. The average molecular weight is 315 g/mol. The van der Waals surface area contributed by atoms with E-state index in [0.29, 0.717) is 23.0 Å². The third-order valence-corrected chi connectivity index (χ3v) is 4.72. The van der Waals surface area contributed by atoms with Crippen LogP contribution in [0.3, 0.4) is 0 Å². The molecule has 4 rings (SSSR count). The lowest BCUT2D eigenvalue weighted by Gasteiger charge is -2.03. The minimum Gasteiger partial charge on any atom is -0.383 e. The minimum absolute atomic E-state index is 0.520. The Hall–Kier alpha value is -2.26. The summed E-state index contributed by atoms with van der Waals surface area (Å²) in [4.78, 5) is 25.3. The van der Waals surface area contributed by atoms with Crippen LogP contribution >= 0.6 is 23.1 Å². The van der Waals surface area contributed by atoms with Gasteiger partial charge in [0.1, 0.15) is 33.3 Å². The first kappa shape index (κ1) is 12.5. The summed E-state index contributed by atoms with van der Waals surface area (Å²) in [5, 5.41) is 3.70. The van der Waals surface area contributed by atoms with Gasteiger partial charge in [0.2, 0.25) is 0 Å². The third kappa shape index (κ3) is 2.20. The van der Waals surface area contributed by atoms with Crippen LogP contribution < -0.4 is 5.73 Å². The maximum Gasteiger partial charge on any atom is 0.181 e. The first-order chi connectivity index (χ1) is 10.3. The van der Waals surface area contributed by atoms with E-state index in [1.54, 1.807) is 17.7 Å².